The first-order valence-corrected chi connectivity index (χ1v) is 5.89. The maximum Gasteiger partial charge on any atom is 0.0361 e. The molecule has 17 heavy (non-hydrogen) atoms. The van der Waals surface area contributed by atoms with Gasteiger partial charge in [-0.25, -0.2) is 0 Å². The van der Waals surface area contributed by atoms with E-state index in [1.807, 2.05) is 12.4 Å². The summed E-state index contributed by atoms with van der Waals surface area (Å²) < 4.78 is 0. The fourth-order valence-corrected chi connectivity index (χ4v) is 1.74. The van der Waals surface area contributed by atoms with Crippen LogP contribution in [0.15, 0.2) is 47.6 Å². The largest absolute Gasteiger partial charge is 0.378 e. The number of anilines is 1. The van der Waals surface area contributed by atoms with Gasteiger partial charge in [-0.2, -0.15) is 0 Å². The molecule has 2 rings (SSSR count). The van der Waals surface area contributed by atoms with Crippen LogP contribution < -0.4 is 4.90 Å². The van der Waals surface area contributed by atoms with Crippen LogP contribution in [0.1, 0.15) is 12.0 Å². The van der Waals surface area contributed by atoms with Crippen LogP contribution in [0.25, 0.3) is 6.08 Å². The molecule has 0 N–H and O–H groups in total. The van der Waals surface area contributed by atoms with Gasteiger partial charge >= 0.3 is 0 Å². The molecule has 1 aliphatic heterocycles. The van der Waals surface area contributed by atoms with Crippen LogP contribution >= 0.6 is 0 Å². The highest BCUT2D eigenvalue weighted by Gasteiger charge is 2.00. The van der Waals surface area contributed by atoms with Crippen LogP contribution in [-0.2, 0) is 0 Å². The molecule has 0 fully saturated rings. The Hall–Kier alpha value is -1.83. The Balaban J connectivity index is 2.01. The zero-order valence-corrected chi connectivity index (χ0v) is 10.4. The van der Waals surface area contributed by atoms with Crippen molar-refractivity contribution in [3.8, 4) is 0 Å². The highest BCUT2D eigenvalue weighted by atomic mass is 15.1. The van der Waals surface area contributed by atoms with Gasteiger partial charge in [-0.15, -0.1) is 0 Å². The predicted octanol–water partition coefficient (Wildman–Crippen LogP) is 3.37. The van der Waals surface area contributed by atoms with Crippen molar-refractivity contribution in [2.45, 2.75) is 6.42 Å². The maximum absolute atomic E-state index is 4.07. The molecule has 1 aliphatic rings. The highest BCUT2D eigenvalue weighted by Crippen LogP contribution is 2.16. The fraction of sp³-hybridized carbons (Fsp3) is 0.267. The molecule has 0 aromatic heterocycles. The first-order chi connectivity index (χ1) is 8.25. The molecule has 2 heteroatoms. The lowest BCUT2D eigenvalue weighted by Crippen LogP contribution is -2.07. The molecule has 1 heterocycles. The minimum atomic E-state index is 0.487. The van der Waals surface area contributed by atoms with E-state index in [9.17, 15) is 0 Å². The lowest BCUT2D eigenvalue weighted by molar-refractivity contribution is 0.861. The van der Waals surface area contributed by atoms with Gasteiger partial charge in [-0.1, -0.05) is 30.4 Å². The molecular weight excluding hydrogens is 208 g/mol. The Morgan fingerprint density at radius 2 is 2.00 bits per heavy atom. The number of nitrogens with zero attached hydrogens (tertiary/aromatic N) is 2. The lowest BCUT2D eigenvalue weighted by Gasteiger charge is -2.12. The molecule has 1 aromatic rings. The van der Waals surface area contributed by atoms with Gasteiger partial charge in [0.1, 0.15) is 0 Å². The van der Waals surface area contributed by atoms with Crippen LogP contribution in [0.3, 0.4) is 0 Å². The van der Waals surface area contributed by atoms with Crippen LogP contribution in [0.4, 0.5) is 5.69 Å². The quantitative estimate of drug-likeness (QED) is 0.771. The molecular formula is C15H18N2. The van der Waals surface area contributed by atoms with Crippen molar-refractivity contribution in [1.29, 1.82) is 0 Å². The molecule has 0 aliphatic carbocycles. The third-order valence-electron chi connectivity index (χ3n) is 2.85. The van der Waals surface area contributed by atoms with E-state index in [2.05, 4.69) is 66.5 Å². The summed E-state index contributed by atoms with van der Waals surface area (Å²) in [5.41, 5.74) is 2.47. The number of benzene rings is 1. The summed E-state index contributed by atoms with van der Waals surface area (Å²) in [6, 6.07) is 8.56. The summed E-state index contributed by atoms with van der Waals surface area (Å²) in [6.07, 6.45) is 11.4. The molecule has 0 saturated carbocycles. The molecule has 0 saturated heterocycles. The Bertz CT molecular complexity index is 438. The van der Waals surface area contributed by atoms with E-state index < -0.39 is 0 Å². The molecule has 0 radical (unpaired) electrons. The van der Waals surface area contributed by atoms with Crippen molar-refractivity contribution in [2.75, 3.05) is 19.0 Å². The smallest absolute Gasteiger partial charge is 0.0361 e. The summed E-state index contributed by atoms with van der Waals surface area (Å²) in [7, 11) is 4.11. The number of allylic oxidation sites excluding steroid dienone is 2. The number of rotatable bonds is 3. The fourth-order valence-electron chi connectivity index (χ4n) is 1.74. The number of aliphatic imine (C=N–C) groups is 1. The molecule has 1 unspecified atom stereocenters. The summed E-state index contributed by atoms with van der Waals surface area (Å²) in [6.45, 7) is 0. The number of hydrogen-bond donors (Lipinski definition) is 0. The highest BCUT2D eigenvalue weighted by molar-refractivity contribution is 5.62. The molecule has 1 atom stereocenters. The summed E-state index contributed by atoms with van der Waals surface area (Å²) in [5, 5.41) is 0. The normalized spacial score (nSPS) is 18.8. The van der Waals surface area contributed by atoms with Crippen molar-refractivity contribution in [3.63, 3.8) is 0 Å². The van der Waals surface area contributed by atoms with E-state index in [4.69, 9.17) is 0 Å². The van der Waals surface area contributed by atoms with E-state index in [1.165, 1.54) is 11.3 Å². The first kappa shape index (κ1) is 11.6. The minimum Gasteiger partial charge on any atom is -0.378 e. The van der Waals surface area contributed by atoms with Gasteiger partial charge in [-0.3, -0.25) is 4.99 Å². The minimum absolute atomic E-state index is 0.487. The topological polar surface area (TPSA) is 15.6 Å². The molecule has 1 aromatic carbocycles. The van der Waals surface area contributed by atoms with E-state index >= 15 is 0 Å². The van der Waals surface area contributed by atoms with E-state index in [0.717, 1.165) is 6.42 Å². The standard InChI is InChI=1S/C15H18N2/c1-17(2)15-7-5-13(6-8-15)3-4-14-9-11-16-12-10-14/h3-9,11-12,14H,10H2,1-2H3/b4-3+. The monoisotopic (exact) mass is 226 g/mol. The van der Waals surface area contributed by atoms with Crippen molar-refractivity contribution in [3.05, 3.63) is 48.2 Å². The lowest BCUT2D eigenvalue weighted by atomic mass is 10.0. The molecule has 0 spiro atoms. The van der Waals surface area contributed by atoms with Crippen LogP contribution in [0.5, 0.6) is 0 Å². The van der Waals surface area contributed by atoms with Crippen LogP contribution in [0.2, 0.25) is 0 Å². The molecule has 2 nitrogen and oxygen atoms in total. The van der Waals surface area contributed by atoms with Gasteiger partial charge in [-0.05, 0) is 24.1 Å². The maximum atomic E-state index is 4.07. The summed E-state index contributed by atoms with van der Waals surface area (Å²) in [5.74, 6) is 0.487. The van der Waals surface area contributed by atoms with Gasteiger partial charge in [0.2, 0.25) is 0 Å². The molecule has 0 bridgehead atoms. The van der Waals surface area contributed by atoms with Crippen LogP contribution in [-0.4, -0.2) is 20.3 Å². The zero-order valence-electron chi connectivity index (χ0n) is 10.4. The van der Waals surface area contributed by atoms with Crippen molar-refractivity contribution in [2.24, 2.45) is 10.9 Å². The SMILES string of the molecule is CN(C)c1ccc(/C=C/C2C=CN=CC2)cc1. The van der Waals surface area contributed by atoms with E-state index in [1.54, 1.807) is 0 Å². The van der Waals surface area contributed by atoms with Crippen molar-refractivity contribution < 1.29 is 0 Å². The third kappa shape index (κ3) is 3.31. The van der Waals surface area contributed by atoms with Crippen LogP contribution in [0, 0.1) is 5.92 Å². The van der Waals surface area contributed by atoms with Gasteiger partial charge in [0.15, 0.2) is 0 Å². The third-order valence-corrected chi connectivity index (χ3v) is 2.85. The molecule has 88 valence electrons. The Morgan fingerprint density at radius 3 is 2.59 bits per heavy atom. The Morgan fingerprint density at radius 1 is 1.24 bits per heavy atom. The van der Waals surface area contributed by atoms with Crippen molar-refractivity contribution in [1.82, 2.24) is 0 Å². The summed E-state index contributed by atoms with van der Waals surface area (Å²) >= 11 is 0. The number of hydrogen-bond acceptors (Lipinski definition) is 2. The summed E-state index contributed by atoms with van der Waals surface area (Å²) in [4.78, 5) is 6.17. The second-order valence-electron chi connectivity index (χ2n) is 4.42. The van der Waals surface area contributed by atoms with E-state index in [-0.39, 0.29) is 0 Å². The Kier molecular flexibility index (Phi) is 3.76. The second kappa shape index (κ2) is 5.48. The predicted molar refractivity (Wildman–Crippen MR) is 75.5 cm³/mol. The van der Waals surface area contributed by atoms with Gasteiger partial charge in [0.05, 0.1) is 0 Å². The Labute approximate surface area is 103 Å². The van der Waals surface area contributed by atoms with E-state index in [0.29, 0.717) is 5.92 Å². The first-order valence-electron chi connectivity index (χ1n) is 5.89. The average Bonchev–Trinajstić information content (AvgIpc) is 2.38. The van der Waals surface area contributed by atoms with Gasteiger partial charge in [0.25, 0.3) is 0 Å². The van der Waals surface area contributed by atoms with Gasteiger partial charge in [0, 0.05) is 38.1 Å². The molecule has 0 amide bonds. The van der Waals surface area contributed by atoms with Crippen molar-refractivity contribution >= 4 is 18.0 Å². The zero-order chi connectivity index (χ0) is 12.1. The second-order valence-corrected chi connectivity index (χ2v) is 4.42. The average molecular weight is 226 g/mol. The van der Waals surface area contributed by atoms with Gasteiger partial charge < -0.3 is 4.90 Å².